The molecule has 3 rings (SSSR count). The Balaban J connectivity index is 1.44. The van der Waals surface area contributed by atoms with Crippen LogP contribution < -0.4 is 10.1 Å². The largest absolute Gasteiger partial charge is 0.493 e. The Hall–Kier alpha value is -2.37. The zero-order chi connectivity index (χ0) is 24.1. The first-order valence-corrected chi connectivity index (χ1v) is 12.1. The first kappa shape index (κ1) is 21.5. The van der Waals surface area contributed by atoms with Gasteiger partial charge in [-0.25, -0.2) is 0 Å². The van der Waals surface area contributed by atoms with E-state index in [0.717, 1.165) is 48.3 Å². The van der Waals surface area contributed by atoms with E-state index in [1.165, 1.54) is 5.56 Å². The van der Waals surface area contributed by atoms with Crippen molar-refractivity contribution in [2.45, 2.75) is 38.6 Å². The minimum absolute atomic E-state index is 0.0857. The molecule has 1 heterocycles. The first-order chi connectivity index (χ1) is 16.6. The van der Waals surface area contributed by atoms with E-state index >= 15 is 0 Å². The van der Waals surface area contributed by atoms with E-state index in [0.29, 0.717) is 26.1 Å². The van der Waals surface area contributed by atoms with Crippen LogP contribution in [0.2, 0.25) is 0 Å². The smallest absolute Gasteiger partial charge is 0.316 e. The molecule has 0 radical (unpaired) electrons. The number of aryl methyl sites for hydroxylation is 1. The molecule has 32 heavy (non-hydrogen) atoms. The van der Waals surface area contributed by atoms with Crippen LogP contribution in [-0.4, -0.2) is 27.4 Å². The second-order valence-corrected chi connectivity index (χ2v) is 8.25. The maximum atomic E-state index is 11.2. The third-order valence-corrected chi connectivity index (χ3v) is 5.46. The van der Waals surface area contributed by atoms with Crippen molar-refractivity contribution in [3.8, 4) is 17.1 Å². The van der Waals surface area contributed by atoms with Gasteiger partial charge in [0, 0.05) is 6.54 Å². The van der Waals surface area contributed by atoms with Gasteiger partial charge >= 0.3 is 8.20 Å². The van der Waals surface area contributed by atoms with Crippen molar-refractivity contribution >= 4 is 8.20 Å². The number of unbranched alkanes of at least 4 members (excludes halogenated alkanes) is 2. The number of furan rings is 1. The van der Waals surface area contributed by atoms with Gasteiger partial charge in [-0.3, -0.25) is 4.57 Å². The molecular weight excluding hydrogens is 425 g/mol. The van der Waals surface area contributed by atoms with E-state index in [1.807, 2.05) is 30.3 Å². The molecule has 6 nitrogen and oxygen atoms in total. The van der Waals surface area contributed by atoms with Crippen LogP contribution in [0.3, 0.4) is 0 Å². The van der Waals surface area contributed by atoms with Crippen LogP contribution in [0.5, 0.6) is 5.75 Å². The van der Waals surface area contributed by atoms with Gasteiger partial charge in [-0.15, -0.1) is 0 Å². The summed E-state index contributed by atoms with van der Waals surface area (Å²) in [5.41, 5.74) is 3.36. The fourth-order valence-corrected chi connectivity index (χ4v) is 3.72. The van der Waals surface area contributed by atoms with Crippen LogP contribution in [0.25, 0.3) is 11.3 Å². The first-order valence-electron chi connectivity index (χ1n) is 11.9. The van der Waals surface area contributed by atoms with Gasteiger partial charge in [-0.05, 0) is 74.0 Å². The van der Waals surface area contributed by atoms with Crippen LogP contribution in [0.4, 0.5) is 0 Å². The number of hydrogen-bond acceptors (Lipinski definition) is 6. The van der Waals surface area contributed by atoms with Gasteiger partial charge in [0.2, 0.25) is 1.43 Å². The lowest BCUT2D eigenvalue weighted by Crippen LogP contribution is -2.16. The standard InChI is InChI=1S/C25H32NO5P/c27-32(28)31-18-8-15-26-20-22-13-14-25(23(19-22)24-12-7-17-30-24)29-16-6-2-5-11-21-9-3-1-4-10-21/h1,3-4,7,9-10,12-14,17,19,26,32H,2,5-6,8,11,15-16,18,20H2,(H,27,28)/i32D/hD. The lowest BCUT2D eigenvalue weighted by molar-refractivity contribution is 0.276. The molecule has 2 aromatic carbocycles. The summed E-state index contributed by atoms with van der Waals surface area (Å²) < 4.78 is 41.3. The van der Waals surface area contributed by atoms with Crippen LogP contribution in [-0.2, 0) is 22.1 Å². The number of ether oxygens (including phenoxy) is 1. The normalized spacial score (nSPS) is 13.9. The van der Waals surface area contributed by atoms with Crippen molar-refractivity contribution < 1.29 is 23.1 Å². The minimum atomic E-state index is -3.99. The van der Waals surface area contributed by atoms with Crippen molar-refractivity contribution in [1.29, 1.82) is 2.71 Å². The van der Waals surface area contributed by atoms with Gasteiger partial charge < -0.3 is 23.9 Å². The second-order valence-electron chi connectivity index (χ2n) is 7.54. The van der Waals surface area contributed by atoms with Gasteiger partial charge in [0.05, 0.1) is 25.0 Å². The molecule has 1 aromatic heterocycles. The predicted molar refractivity (Wildman–Crippen MR) is 127 cm³/mol. The third-order valence-electron chi connectivity index (χ3n) is 5.06. The Kier molecular flexibility index (Phi) is 9.34. The lowest BCUT2D eigenvalue weighted by atomic mass is 10.1. The van der Waals surface area contributed by atoms with Crippen LogP contribution >= 0.6 is 8.20 Å². The molecule has 172 valence electrons. The van der Waals surface area contributed by atoms with Crippen LogP contribution in [0.1, 0.15) is 36.8 Å². The maximum absolute atomic E-state index is 11.2. The summed E-state index contributed by atoms with van der Waals surface area (Å²) in [5, 5.41) is 3.29. The Bertz CT molecular complexity index is 1020. The van der Waals surface area contributed by atoms with E-state index in [1.54, 1.807) is 6.26 Å². The topological polar surface area (TPSA) is 80.9 Å². The van der Waals surface area contributed by atoms with Gasteiger partial charge in [0.15, 0.2) is 1.28 Å². The molecule has 1 atom stereocenters. The van der Waals surface area contributed by atoms with Crippen molar-refractivity contribution in [2.24, 2.45) is 0 Å². The second kappa shape index (κ2) is 13.9. The highest BCUT2D eigenvalue weighted by molar-refractivity contribution is 7.32. The molecular formula is C25H32NO5P. The van der Waals surface area contributed by atoms with Gasteiger partial charge in [0.25, 0.3) is 0 Å². The Labute approximate surface area is 193 Å². The molecule has 0 amide bonds. The number of hydrogen-bond donors (Lipinski definition) is 2. The number of rotatable bonds is 16. The Morgan fingerprint density at radius 2 is 1.91 bits per heavy atom. The van der Waals surface area contributed by atoms with Crippen LogP contribution in [0.15, 0.2) is 71.3 Å². The summed E-state index contributed by atoms with van der Waals surface area (Å²) in [6.45, 7) is 1.97. The molecule has 0 spiro atoms. The summed E-state index contributed by atoms with van der Waals surface area (Å²) in [6, 6.07) is 20.4. The Morgan fingerprint density at radius 3 is 2.72 bits per heavy atom. The molecule has 0 aliphatic heterocycles. The zero-order valence-corrected chi connectivity index (χ0v) is 19.1. The molecule has 0 saturated carbocycles. The third kappa shape index (κ3) is 8.64. The summed E-state index contributed by atoms with van der Waals surface area (Å²) >= 11 is 0. The van der Waals surface area contributed by atoms with E-state index in [9.17, 15) is 4.57 Å². The minimum Gasteiger partial charge on any atom is -0.493 e. The van der Waals surface area contributed by atoms with Gasteiger partial charge in [-0.2, -0.15) is 0 Å². The van der Waals surface area contributed by atoms with Gasteiger partial charge in [-0.1, -0.05) is 36.4 Å². The summed E-state index contributed by atoms with van der Waals surface area (Å²) in [5.74, 6) is 1.56. The highest BCUT2D eigenvalue weighted by Crippen LogP contribution is 2.31. The highest BCUT2D eigenvalue weighted by Gasteiger charge is 2.10. The average molecular weight is 460 g/mol. The summed E-state index contributed by atoms with van der Waals surface area (Å²) in [4.78, 5) is 3.75. The molecule has 1 unspecified atom stereocenters. The molecule has 0 fully saturated rings. The highest BCUT2D eigenvalue weighted by atomic mass is 31.1. The van der Waals surface area contributed by atoms with E-state index in [4.69, 9.17) is 16.4 Å². The molecule has 7 heteroatoms. The average Bonchev–Trinajstić information content (AvgIpc) is 3.39. The fraction of sp³-hybridized carbons (Fsp3) is 0.360. The maximum Gasteiger partial charge on any atom is 0.316 e. The summed E-state index contributed by atoms with van der Waals surface area (Å²) in [7, 11) is -3.99. The molecule has 2 N–H and O–H groups in total. The van der Waals surface area contributed by atoms with Crippen LogP contribution in [0, 0.1) is 0 Å². The van der Waals surface area contributed by atoms with Crippen molar-refractivity contribution in [2.75, 3.05) is 19.8 Å². The lowest BCUT2D eigenvalue weighted by Gasteiger charge is -2.13. The van der Waals surface area contributed by atoms with E-state index < -0.39 is 8.20 Å². The summed E-state index contributed by atoms with van der Waals surface area (Å²) in [6.07, 6.45) is 6.53. The molecule has 3 aromatic rings. The molecule has 0 aliphatic carbocycles. The number of nitrogens with one attached hydrogen (secondary N) is 1. The Morgan fingerprint density at radius 1 is 1.00 bits per heavy atom. The van der Waals surface area contributed by atoms with Crippen molar-refractivity contribution in [3.05, 3.63) is 78.1 Å². The predicted octanol–water partition coefficient (Wildman–Crippen LogP) is 5.62. The van der Waals surface area contributed by atoms with E-state index in [2.05, 4.69) is 40.5 Å². The monoisotopic (exact) mass is 459 g/mol. The zero-order valence-electron chi connectivity index (χ0n) is 20.2. The SMILES string of the molecule is [2H]OP([2H])(=O)OCCCNCc1ccc(OCCCCCc2ccccc2)c(-c2ccco2)c1. The molecule has 0 saturated heterocycles. The number of benzene rings is 2. The quantitative estimate of drug-likeness (QED) is 0.214. The van der Waals surface area contributed by atoms with Gasteiger partial charge in [0.1, 0.15) is 11.5 Å². The van der Waals surface area contributed by atoms with Crippen molar-refractivity contribution in [3.63, 3.8) is 0 Å². The fourth-order valence-electron chi connectivity index (χ4n) is 3.44. The molecule has 0 aliphatic rings. The van der Waals surface area contributed by atoms with E-state index in [-0.39, 0.29) is 6.61 Å². The van der Waals surface area contributed by atoms with Crippen molar-refractivity contribution in [1.82, 2.24) is 5.32 Å². The molecule has 0 bridgehead atoms.